The predicted octanol–water partition coefficient (Wildman–Crippen LogP) is 1.83. The van der Waals surface area contributed by atoms with Gasteiger partial charge in [-0.25, -0.2) is 0 Å². The van der Waals surface area contributed by atoms with E-state index in [0.717, 1.165) is 0 Å². The van der Waals surface area contributed by atoms with Crippen LogP contribution in [0.3, 0.4) is 0 Å². The fourth-order valence-corrected chi connectivity index (χ4v) is 1.72. The Kier molecular flexibility index (Phi) is 2.46. The summed E-state index contributed by atoms with van der Waals surface area (Å²) in [4.78, 5) is 11.8. The minimum atomic E-state index is -0.646. The van der Waals surface area contributed by atoms with Crippen LogP contribution in [0.5, 0.6) is 17.2 Å². The first kappa shape index (κ1) is 11.3. The Hall–Kier alpha value is -2.17. The van der Waals surface area contributed by atoms with Gasteiger partial charge in [0.25, 0.3) is 0 Å². The molecule has 2 N–H and O–H groups in total. The lowest BCUT2D eigenvalue weighted by atomic mass is 10.1. The maximum Gasteiger partial charge on any atom is 0.238 e. The second kappa shape index (κ2) is 3.69. The highest BCUT2D eigenvalue weighted by Crippen LogP contribution is 2.35. The summed E-state index contributed by atoms with van der Waals surface area (Å²) in [5.41, 5.74) is -0.0344. The quantitative estimate of drug-likeness (QED) is 0.789. The summed E-state index contributed by atoms with van der Waals surface area (Å²) in [5.74, 6) is -0.197. The van der Waals surface area contributed by atoms with Crippen molar-refractivity contribution in [2.45, 2.75) is 13.8 Å². The molecule has 2 aromatic rings. The highest BCUT2D eigenvalue weighted by atomic mass is 16.5. The molecule has 0 spiro atoms. The lowest BCUT2D eigenvalue weighted by Gasteiger charge is -2.09. The van der Waals surface area contributed by atoms with Gasteiger partial charge in [-0.2, -0.15) is 0 Å². The zero-order valence-electron chi connectivity index (χ0n) is 9.70. The summed E-state index contributed by atoms with van der Waals surface area (Å²) in [6, 6.07) is 1.51. The highest BCUT2D eigenvalue weighted by molar-refractivity contribution is 5.87. The van der Waals surface area contributed by atoms with Crippen molar-refractivity contribution in [3.05, 3.63) is 27.6 Å². The third-order valence-corrected chi connectivity index (χ3v) is 2.73. The average molecular weight is 236 g/mol. The summed E-state index contributed by atoms with van der Waals surface area (Å²) in [7, 11) is 1.46. The first-order valence-electron chi connectivity index (χ1n) is 5.00. The van der Waals surface area contributed by atoms with E-state index in [-0.39, 0.29) is 22.5 Å². The van der Waals surface area contributed by atoms with E-state index < -0.39 is 11.2 Å². The SMILES string of the molecule is COc1cc2oc(C)c(O)c(=O)c2c(O)c1C. The number of hydrogen-bond donors (Lipinski definition) is 2. The van der Waals surface area contributed by atoms with E-state index >= 15 is 0 Å². The molecule has 0 radical (unpaired) electrons. The molecule has 90 valence electrons. The Balaban J connectivity index is 3.03. The van der Waals surface area contributed by atoms with Crippen molar-refractivity contribution < 1.29 is 19.4 Å². The van der Waals surface area contributed by atoms with Gasteiger partial charge in [-0.05, 0) is 13.8 Å². The molecular formula is C12H12O5. The van der Waals surface area contributed by atoms with Crippen LogP contribution >= 0.6 is 0 Å². The van der Waals surface area contributed by atoms with Crippen molar-refractivity contribution in [2.24, 2.45) is 0 Å². The molecule has 0 fully saturated rings. The molecule has 0 unspecified atom stereocenters. The van der Waals surface area contributed by atoms with Crippen molar-refractivity contribution in [1.82, 2.24) is 0 Å². The van der Waals surface area contributed by atoms with E-state index in [1.54, 1.807) is 6.92 Å². The van der Waals surface area contributed by atoms with Gasteiger partial charge < -0.3 is 19.4 Å². The third-order valence-electron chi connectivity index (χ3n) is 2.73. The van der Waals surface area contributed by atoms with Crippen LogP contribution in [-0.2, 0) is 0 Å². The van der Waals surface area contributed by atoms with Crippen LogP contribution < -0.4 is 10.2 Å². The average Bonchev–Trinajstić information content (AvgIpc) is 2.30. The normalized spacial score (nSPS) is 10.8. The molecule has 0 atom stereocenters. The number of phenolic OH excluding ortho intramolecular Hbond substituents is 1. The summed E-state index contributed by atoms with van der Waals surface area (Å²) < 4.78 is 10.3. The third kappa shape index (κ3) is 1.51. The largest absolute Gasteiger partial charge is 0.507 e. The number of phenols is 1. The number of benzene rings is 1. The Labute approximate surface area is 96.9 Å². The van der Waals surface area contributed by atoms with Crippen molar-refractivity contribution in [2.75, 3.05) is 7.11 Å². The fourth-order valence-electron chi connectivity index (χ4n) is 1.72. The number of fused-ring (bicyclic) bond motifs is 1. The first-order valence-corrected chi connectivity index (χ1v) is 5.00. The van der Waals surface area contributed by atoms with Crippen LogP contribution in [-0.4, -0.2) is 17.3 Å². The van der Waals surface area contributed by atoms with Crippen LogP contribution in [0.4, 0.5) is 0 Å². The van der Waals surface area contributed by atoms with E-state index in [1.807, 2.05) is 0 Å². The van der Waals surface area contributed by atoms with Crippen LogP contribution in [0.2, 0.25) is 0 Å². The second-order valence-corrected chi connectivity index (χ2v) is 3.76. The van der Waals surface area contributed by atoms with Gasteiger partial charge in [0, 0.05) is 11.6 Å². The van der Waals surface area contributed by atoms with Gasteiger partial charge in [0.1, 0.15) is 28.2 Å². The lowest BCUT2D eigenvalue weighted by molar-refractivity contribution is 0.399. The van der Waals surface area contributed by atoms with Gasteiger partial charge in [-0.1, -0.05) is 0 Å². The summed E-state index contributed by atoms with van der Waals surface area (Å²) >= 11 is 0. The fraction of sp³-hybridized carbons (Fsp3) is 0.250. The van der Waals surface area contributed by atoms with Gasteiger partial charge in [0.2, 0.25) is 11.2 Å². The van der Waals surface area contributed by atoms with Crippen LogP contribution in [0.15, 0.2) is 15.3 Å². The molecule has 0 saturated heterocycles. The molecule has 0 aliphatic rings. The van der Waals surface area contributed by atoms with E-state index in [4.69, 9.17) is 9.15 Å². The highest BCUT2D eigenvalue weighted by Gasteiger charge is 2.18. The molecule has 0 bridgehead atoms. The molecule has 5 nitrogen and oxygen atoms in total. The number of ether oxygens (including phenoxy) is 1. The topological polar surface area (TPSA) is 79.9 Å². The summed E-state index contributed by atoms with van der Waals surface area (Å²) in [6.07, 6.45) is 0. The molecule has 0 aliphatic carbocycles. The molecule has 0 amide bonds. The molecule has 5 heteroatoms. The van der Waals surface area contributed by atoms with Gasteiger partial charge in [-0.15, -0.1) is 0 Å². The number of aryl methyl sites for hydroxylation is 1. The zero-order valence-corrected chi connectivity index (χ0v) is 9.70. The second-order valence-electron chi connectivity index (χ2n) is 3.76. The molecule has 1 aromatic heterocycles. The molecule has 0 aliphatic heterocycles. The van der Waals surface area contributed by atoms with E-state index in [2.05, 4.69) is 0 Å². The zero-order chi connectivity index (χ0) is 12.7. The Morgan fingerprint density at radius 2 is 1.88 bits per heavy atom. The van der Waals surface area contributed by atoms with Gasteiger partial charge in [-0.3, -0.25) is 4.79 Å². The monoisotopic (exact) mass is 236 g/mol. The Morgan fingerprint density at radius 1 is 1.24 bits per heavy atom. The molecular weight excluding hydrogens is 224 g/mol. The van der Waals surface area contributed by atoms with E-state index in [0.29, 0.717) is 11.3 Å². The predicted molar refractivity (Wildman–Crippen MR) is 61.8 cm³/mol. The number of aromatic hydroxyl groups is 2. The maximum absolute atomic E-state index is 11.8. The molecule has 1 aromatic carbocycles. The van der Waals surface area contributed by atoms with E-state index in [9.17, 15) is 15.0 Å². The molecule has 2 rings (SSSR count). The maximum atomic E-state index is 11.8. The van der Waals surface area contributed by atoms with Crippen LogP contribution in [0, 0.1) is 13.8 Å². The minimum absolute atomic E-state index is 0.0357. The van der Waals surface area contributed by atoms with Gasteiger partial charge in [0.05, 0.1) is 7.11 Å². The van der Waals surface area contributed by atoms with Crippen molar-refractivity contribution in [3.8, 4) is 17.2 Å². The first-order chi connectivity index (χ1) is 7.97. The molecule has 0 saturated carbocycles. The van der Waals surface area contributed by atoms with Gasteiger partial charge >= 0.3 is 0 Å². The van der Waals surface area contributed by atoms with Crippen molar-refractivity contribution in [1.29, 1.82) is 0 Å². The standard InChI is InChI=1S/C12H12O5/c1-5-7(16-3)4-8-9(10(5)13)12(15)11(14)6(2)17-8/h4,13-14H,1-3H3. The smallest absolute Gasteiger partial charge is 0.238 e. The van der Waals surface area contributed by atoms with Crippen LogP contribution in [0.25, 0.3) is 11.0 Å². The van der Waals surface area contributed by atoms with Crippen LogP contribution in [0.1, 0.15) is 11.3 Å². The lowest BCUT2D eigenvalue weighted by Crippen LogP contribution is -2.04. The van der Waals surface area contributed by atoms with Gasteiger partial charge in [0.15, 0.2) is 0 Å². The summed E-state index contributed by atoms with van der Waals surface area (Å²) in [5, 5.41) is 19.4. The molecule has 17 heavy (non-hydrogen) atoms. The van der Waals surface area contributed by atoms with Crippen molar-refractivity contribution in [3.63, 3.8) is 0 Å². The Bertz CT molecular complexity index is 654. The minimum Gasteiger partial charge on any atom is -0.507 e. The molecule has 1 heterocycles. The number of hydrogen-bond acceptors (Lipinski definition) is 5. The number of rotatable bonds is 1. The van der Waals surface area contributed by atoms with Crippen molar-refractivity contribution >= 4 is 11.0 Å². The summed E-state index contributed by atoms with van der Waals surface area (Å²) in [6.45, 7) is 3.09. The number of methoxy groups -OCH3 is 1. The van der Waals surface area contributed by atoms with E-state index in [1.165, 1.54) is 20.1 Å². The Morgan fingerprint density at radius 3 is 2.47 bits per heavy atom.